The molecule has 0 radical (unpaired) electrons. The lowest BCUT2D eigenvalue weighted by Crippen LogP contribution is -2.34. The summed E-state index contributed by atoms with van der Waals surface area (Å²) < 4.78 is 5.52. The Balaban J connectivity index is 1.86. The van der Waals surface area contributed by atoms with Crippen LogP contribution in [0.5, 0.6) is 0 Å². The molecule has 112 valence electrons. The third-order valence-electron chi connectivity index (χ3n) is 3.65. The lowest BCUT2D eigenvalue weighted by Gasteiger charge is -2.15. The number of rotatable bonds is 4. The monoisotopic (exact) mass is 304 g/mol. The van der Waals surface area contributed by atoms with Crippen LogP contribution in [-0.2, 0) is 0 Å². The van der Waals surface area contributed by atoms with E-state index >= 15 is 0 Å². The zero-order valence-corrected chi connectivity index (χ0v) is 13.4. The molecule has 2 aromatic rings. The number of thioether (sulfide) groups is 1. The minimum atomic E-state index is 0.306. The minimum absolute atomic E-state index is 0.306. The molecule has 0 aliphatic carbocycles. The molecule has 2 unspecified atom stereocenters. The van der Waals surface area contributed by atoms with Gasteiger partial charge in [-0.25, -0.2) is 0 Å². The first-order valence-corrected chi connectivity index (χ1v) is 8.43. The Hall–Kier alpha value is -1.40. The van der Waals surface area contributed by atoms with Gasteiger partial charge in [0.05, 0.1) is 5.92 Å². The molecule has 6 heteroatoms. The van der Waals surface area contributed by atoms with Gasteiger partial charge in [0.25, 0.3) is 0 Å². The van der Waals surface area contributed by atoms with Crippen LogP contribution < -0.4 is 5.32 Å². The van der Waals surface area contributed by atoms with Crippen LogP contribution in [0.4, 0.5) is 0 Å². The van der Waals surface area contributed by atoms with Crippen LogP contribution in [0.25, 0.3) is 11.4 Å². The molecule has 21 heavy (non-hydrogen) atoms. The van der Waals surface area contributed by atoms with Gasteiger partial charge in [-0.3, -0.25) is 4.98 Å². The van der Waals surface area contributed by atoms with Gasteiger partial charge in [-0.05, 0) is 32.5 Å². The summed E-state index contributed by atoms with van der Waals surface area (Å²) in [5, 5.41) is 7.66. The van der Waals surface area contributed by atoms with Crippen molar-refractivity contribution in [3.8, 4) is 11.4 Å². The molecule has 3 heterocycles. The molecule has 0 amide bonds. The Morgan fingerprint density at radius 2 is 2.00 bits per heavy atom. The fourth-order valence-corrected chi connectivity index (χ4v) is 4.10. The predicted molar refractivity (Wildman–Crippen MR) is 84.5 cm³/mol. The summed E-state index contributed by atoms with van der Waals surface area (Å²) in [6, 6.07) is 4.41. The molecule has 5 nitrogen and oxygen atoms in total. The number of nitrogens with one attached hydrogen (secondary N) is 1. The number of aryl methyl sites for hydroxylation is 2. The second kappa shape index (κ2) is 6.15. The van der Waals surface area contributed by atoms with Gasteiger partial charge in [-0.1, -0.05) is 12.1 Å². The van der Waals surface area contributed by atoms with Gasteiger partial charge < -0.3 is 9.84 Å². The molecule has 0 spiro atoms. The van der Waals surface area contributed by atoms with Gasteiger partial charge in [-0.15, -0.1) is 0 Å². The van der Waals surface area contributed by atoms with Crippen molar-refractivity contribution in [1.82, 2.24) is 20.4 Å². The average molecular weight is 304 g/mol. The summed E-state index contributed by atoms with van der Waals surface area (Å²) in [7, 11) is 0. The lowest BCUT2D eigenvalue weighted by molar-refractivity contribution is 0.340. The van der Waals surface area contributed by atoms with Crippen molar-refractivity contribution in [3.05, 3.63) is 29.4 Å². The van der Waals surface area contributed by atoms with Crippen molar-refractivity contribution >= 4 is 11.8 Å². The summed E-state index contributed by atoms with van der Waals surface area (Å²) in [4.78, 5) is 9.00. The van der Waals surface area contributed by atoms with Gasteiger partial charge in [0.1, 0.15) is 0 Å². The van der Waals surface area contributed by atoms with E-state index in [2.05, 4.69) is 27.4 Å². The van der Waals surface area contributed by atoms with Crippen LogP contribution >= 0.6 is 11.8 Å². The van der Waals surface area contributed by atoms with Crippen molar-refractivity contribution in [1.29, 1.82) is 0 Å². The summed E-state index contributed by atoms with van der Waals surface area (Å²) in [5.74, 6) is 3.84. The topological polar surface area (TPSA) is 63.8 Å². The van der Waals surface area contributed by atoms with Crippen molar-refractivity contribution in [2.75, 3.05) is 18.1 Å². The molecule has 1 aliphatic rings. The number of nitrogens with zero attached hydrogens (tertiary/aromatic N) is 3. The van der Waals surface area contributed by atoms with Crippen LogP contribution in [-0.4, -0.2) is 39.2 Å². The summed E-state index contributed by atoms with van der Waals surface area (Å²) in [6.45, 7) is 7.05. The maximum absolute atomic E-state index is 5.52. The zero-order valence-electron chi connectivity index (χ0n) is 12.6. The van der Waals surface area contributed by atoms with Gasteiger partial charge in [0.2, 0.25) is 11.7 Å². The first-order chi connectivity index (χ1) is 10.2. The van der Waals surface area contributed by atoms with E-state index < -0.39 is 0 Å². The third kappa shape index (κ3) is 3.11. The number of hydrogen-bond donors (Lipinski definition) is 1. The Morgan fingerprint density at radius 1 is 1.24 bits per heavy atom. The molecule has 0 aromatic carbocycles. The van der Waals surface area contributed by atoms with Gasteiger partial charge in [-0.2, -0.15) is 16.7 Å². The molecule has 1 N–H and O–H groups in total. The molecule has 1 aliphatic heterocycles. The number of likely N-dealkylation sites (N-methyl/N-ethyl adjacent to an activating group) is 1. The highest BCUT2D eigenvalue weighted by molar-refractivity contribution is 7.99. The van der Waals surface area contributed by atoms with E-state index in [1.807, 2.05) is 37.7 Å². The average Bonchev–Trinajstić information content (AvgIpc) is 3.06. The van der Waals surface area contributed by atoms with Gasteiger partial charge >= 0.3 is 0 Å². The van der Waals surface area contributed by atoms with E-state index in [9.17, 15) is 0 Å². The fraction of sp³-hybridized carbons (Fsp3) is 0.533. The molecule has 0 bridgehead atoms. The highest BCUT2D eigenvalue weighted by Gasteiger charge is 2.33. The minimum Gasteiger partial charge on any atom is -0.339 e. The van der Waals surface area contributed by atoms with Crippen LogP contribution in [0.1, 0.15) is 30.1 Å². The lowest BCUT2D eigenvalue weighted by atomic mass is 10.0. The van der Waals surface area contributed by atoms with Gasteiger partial charge in [0, 0.05) is 34.5 Å². The van der Waals surface area contributed by atoms with Crippen LogP contribution in [0.2, 0.25) is 0 Å². The number of aromatic nitrogens is 3. The SMILES string of the molecule is CCNC1CSCC1c1nc(-c2cc(C)nc(C)c2)no1. The van der Waals surface area contributed by atoms with E-state index in [0.29, 0.717) is 17.8 Å². The number of pyridine rings is 1. The maximum atomic E-state index is 5.52. The molecule has 1 saturated heterocycles. The van der Waals surface area contributed by atoms with E-state index in [1.54, 1.807) is 0 Å². The molecule has 1 fully saturated rings. The summed E-state index contributed by atoms with van der Waals surface area (Å²) in [6.07, 6.45) is 0. The van der Waals surface area contributed by atoms with Gasteiger partial charge in [0.15, 0.2) is 0 Å². The Bertz CT molecular complexity index is 608. The predicted octanol–water partition coefficient (Wildman–Crippen LogP) is 2.56. The largest absolute Gasteiger partial charge is 0.339 e. The van der Waals surface area contributed by atoms with Crippen molar-refractivity contribution in [2.24, 2.45) is 0 Å². The van der Waals surface area contributed by atoms with Crippen LogP contribution in [0.15, 0.2) is 16.7 Å². The van der Waals surface area contributed by atoms with E-state index in [0.717, 1.165) is 40.9 Å². The molecule has 2 aromatic heterocycles. The highest BCUT2D eigenvalue weighted by atomic mass is 32.2. The van der Waals surface area contributed by atoms with E-state index in [-0.39, 0.29) is 0 Å². The zero-order chi connectivity index (χ0) is 14.8. The molecule has 3 rings (SSSR count). The Kier molecular flexibility index (Phi) is 4.26. The van der Waals surface area contributed by atoms with Crippen LogP contribution in [0.3, 0.4) is 0 Å². The molecular formula is C15H20N4OS. The Morgan fingerprint density at radius 3 is 2.71 bits per heavy atom. The summed E-state index contributed by atoms with van der Waals surface area (Å²) in [5.41, 5.74) is 2.91. The Labute approximate surface area is 128 Å². The first-order valence-electron chi connectivity index (χ1n) is 7.27. The van der Waals surface area contributed by atoms with E-state index in [1.165, 1.54) is 0 Å². The molecular weight excluding hydrogens is 284 g/mol. The quantitative estimate of drug-likeness (QED) is 0.936. The first kappa shape index (κ1) is 14.5. The number of hydrogen-bond acceptors (Lipinski definition) is 6. The molecule has 0 saturated carbocycles. The fourth-order valence-electron chi connectivity index (χ4n) is 2.73. The second-order valence-electron chi connectivity index (χ2n) is 5.40. The summed E-state index contributed by atoms with van der Waals surface area (Å²) >= 11 is 1.93. The van der Waals surface area contributed by atoms with Crippen molar-refractivity contribution < 1.29 is 4.52 Å². The van der Waals surface area contributed by atoms with E-state index in [4.69, 9.17) is 4.52 Å². The molecule has 2 atom stereocenters. The van der Waals surface area contributed by atoms with Crippen molar-refractivity contribution in [2.45, 2.75) is 32.7 Å². The third-order valence-corrected chi connectivity index (χ3v) is 4.84. The standard InChI is InChI=1S/C15H20N4OS/c1-4-16-13-8-21-7-12(13)15-18-14(19-20-15)11-5-9(2)17-10(3)6-11/h5-6,12-13,16H,4,7-8H2,1-3H3. The highest BCUT2D eigenvalue weighted by Crippen LogP contribution is 2.33. The second-order valence-corrected chi connectivity index (χ2v) is 6.48. The van der Waals surface area contributed by atoms with Crippen molar-refractivity contribution in [3.63, 3.8) is 0 Å². The van der Waals surface area contributed by atoms with Crippen LogP contribution in [0, 0.1) is 13.8 Å². The smallest absolute Gasteiger partial charge is 0.232 e. The normalized spacial score (nSPS) is 21.9. The maximum Gasteiger partial charge on any atom is 0.232 e.